The molecule has 3 amide bonds. The predicted molar refractivity (Wildman–Crippen MR) is 225 cm³/mol. The first-order valence-electron chi connectivity index (χ1n) is 20.8. The number of amides is 3. The van der Waals surface area contributed by atoms with Crippen LogP contribution < -0.4 is 16.0 Å². The molecule has 0 aromatic carbocycles. The van der Waals surface area contributed by atoms with Gasteiger partial charge in [-0.25, -0.2) is 31.6 Å². The van der Waals surface area contributed by atoms with Crippen LogP contribution >= 0.6 is 11.8 Å². The minimum Gasteiger partial charge on any atom is -0.449 e. The monoisotopic (exact) mass is 937 g/mol. The molecule has 0 unspecified atom stereocenters. The number of thioether (sulfide) groups is 1. The van der Waals surface area contributed by atoms with Crippen LogP contribution in [0.2, 0.25) is 0 Å². The van der Waals surface area contributed by atoms with Gasteiger partial charge in [-0.05, 0) is 81.9 Å². The van der Waals surface area contributed by atoms with E-state index in [1.165, 1.54) is 39.2 Å². The van der Waals surface area contributed by atoms with Crippen LogP contribution in [0.25, 0.3) is 0 Å². The first kappa shape index (κ1) is 50.4. The number of halogens is 3. The molecule has 3 saturated carbocycles. The Morgan fingerprint density at radius 1 is 1.05 bits per heavy atom. The Bertz CT molecular complexity index is 2260. The van der Waals surface area contributed by atoms with Gasteiger partial charge >= 0.3 is 5.97 Å². The minimum atomic E-state index is -3.54. The summed E-state index contributed by atoms with van der Waals surface area (Å²) in [6.45, 7) is 6.78. The molecular weight excluding hydrogens is 884 g/mol. The van der Waals surface area contributed by atoms with Crippen LogP contribution in [0.5, 0.6) is 0 Å². The highest BCUT2D eigenvalue weighted by Gasteiger charge is 2.78. The number of fused-ring (bicyclic) bond motifs is 5. The fourth-order valence-electron chi connectivity index (χ4n) is 9.97. The lowest BCUT2D eigenvalue weighted by molar-refractivity contribution is -0.229. The van der Waals surface area contributed by atoms with Crippen molar-refractivity contribution in [2.45, 2.75) is 120 Å². The van der Waals surface area contributed by atoms with Gasteiger partial charge in [0.2, 0.25) is 37.8 Å². The number of aliphatic hydroxyl groups is 1. The molecule has 4 N–H and O–H groups in total. The number of carbonyl (C=O) groups is 6. The van der Waals surface area contributed by atoms with Gasteiger partial charge in [-0.1, -0.05) is 31.8 Å². The largest absolute Gasteiger partial charge is 0.449 e. The van der Waals surface area contributed by atoms with E-state index >= 15 is 8.78 Å². The molecule has 1 heterocycles. The lowest BCUT2D eigenvalue weighted by Gasteiger charge is -2.63. The molecule has 64 heavy (non-hydrogen) atoms. The summed E-state index contributed by atoms with van der Waals surface area (Å²) in [5.74, 6) is -0.270. The zero-order valence-electron chi connectivity index (χ0n) is 36.4. The number of nitrogens with zero attached hydrogens (tertiary/aromatic N) is 2. The first-order valence-corrected chi connectivity index (χ1v) is 23.7. The van der Waals surface area contributed by atoms with E-state index in [0.29, 0.717) is 18.4 Å². The maximum Gasteiger partial charge on any atom is 0.309 e. The molecule has 0 radical (unpaired) electrons. The van der Waals surface area contributed by atoms with E-state index < -0.39 is 128 Å². The maximum atomic E-state index is 17.7. The third-order valence-corrected chi connectivity index (χ3v) is 14.7. The van der Waals surface area contributed by atoms with E-state index in [0.717, 1.165) is 18.4 Å². The predicted octanol–water partition coefficient (Wildman–Crippen LogP) is 2.93. The second kappa shape index (κ2) is 19.8. The number of aromatic nitrogens is 2. The second-order valence-electron chi connectivity index (χ2n) is 17.3. The van der Waals surface area contributed by atoms with Crippen molar-refractivity contribution in [2.75, 3.05) is 25.6 Å². The summed E-state index contributed by atoms with van der Waals surface area (Å²) in [6, 6.07) is -3.20. The fraction of sp³-hybridized carbons (Fsp3) is 0.628. The summed E-state index contributed by atoms with van der Waals surface area (Å²) < 4.78 is 81.7. The summed E-state index contributed by atoms with van der Waals surface area (Å²) in [7, 11) is -3.54. The highest BCUT2D eigenvalue weighted by atomic mass is 32.2. The SMILES string of the molecule is C[C@H](NC(=O)CCCC#Cc1cnc(S(C)(=O)=O)nc1)C(=O)N[C@@H](C)C(=O)NCOCCC(=O)O[C@]1(C(=O)SCF)[C@H](C)C[C@H]2[C@@H]3C[C@H](F)C4=CC(=O)C=C[C@]4(C)[C@@]3(F)[C@@H](O)C[C@@]21C. The van der Waals surface area contributed by atoms with E-state index in [4.69, 9.17) is 9.47 Å². The quantitative estimate of drug-likeness (QED) is 0.0614. The molecule has 350 valence electrons. The lowest BCUT2D eigenvalue weighted by Crippen LogP contribution is -2.70. The van der Waals surface area contributed by atoms with Crippen molar-refractivity contribution in [3.05, 3.63) is 41.8 Å². The van der Waals surface area contributed by atoms with Crippen LogP contribution in [0.15, 0.2) is 41.4 Å². The van der Waals surface area contributed by atoms with Crippen LogP contribution in [0.1, 0.15) is 85.1 Å². The third kappa shape index (κ3) is 9.80. The average Bonchev–Trinajstić information content (AvgIpc) is 3.44. The van der Waals surface area contributed by atoms with Crippen LogP contribution in [-0.4, -0.2) is 119 Å². The standard InChI is InChI=1S/C43H54F3N5O11S2/c1-24-16-29-30-18-32(45)31-17-28(52)12-14-40(31,4)42(30,46)33(53)19-41(29,5)43(24,38(58)63-22-44)62-35(55)13-15-61-23-49-36(56)25(2)51-37(57)26(3)50-34(54)11-9-7-8-10-27-20-47-39(48-21-27)64(6,59)60/h12,14,17,20-21,24-26,29-30,32-33,53H,7,9,11,13,15-16,18-19,22-23H2,1-6H3,(H,49,56)(H,50,54)(H,51,57)/t24-,25+,26+,29+,30+,32+,33+,40+,41+,42+,43+/m1/s1. The molecule has 3 fully saturated rings. The number of carbonyl (C=O) groups excluding carboxylic acids is 6. The molecule has 0 saturated heterocycles. The molecule has 5 rings (SSSR count). The molecule has 21 heteroatoms. The van der Waals surface area contributed by atoms with Gasteiger partial charge in [0.15, 0.2) is 17.1 Å². The van der Waals surface area contributed by atoms with Gasteiger partial charge in [-0.15, -0.1) is 0 Å². The Morgan fingerprint density at radius 2 is 1.72 bits per heavy atom. The van der Waals surface area contributed by atoms with Crippen LogP contribution in [0, 0.1) is 40.4 Å². The number of unbranched alkanes of at least 4 members (excludes halogenated alkanes) is 1. The number of ether oxygens (including phenoxy) is 2. The Hall–Kier alpha value is -4.65. The number of rotatable bonds is 16. The molecule has 16 nitrogen and oxygen atoms in total. The number of alkyl halides is 3. The number of allylic oxidation sites excluding steroid dienone is 4. The number of hydrogen-bond donors (Lipinski definition) is 4. The Balaban J connectivity index is 1.08. The zero-order chi connectivity index (χ0) is 47.4. The van der Waals surface area contributed by atoms with Gasteiger partial charge in [-0.2, -0.15) is 0 Å². The summed E-state index contributed by atoms with van der Waals surface area (Å²) >= 11 is 0.287. The van der Waals surface area contributed by atoms with E-state index in [1.54, 1.807) is 13.8 Å². The van der Waals surface area contributed by atoms with Gasteiger partial charge in [-0.3, -0.25) is 28.8 Å². The zero-order valence-corrected chi connectivity index (χ0v) is 38.0. The van der Waals surface area contributed by atoms with Crippen molar-refractivity contribution in [3.8, 4) is 11.8 Å². The van der Waals surface area contributed by atoms with Crippen molar-refractivity contribution in [1.29, 1.82) is 0 Å². The van der Waals surface area contributed by atoms with Gasteiger partial charge < -0.3 is 30.5 Å². The second-order valence-corrected chi connectivity index (χ2v) is 20.1. The van der Waals surface area contributed by atoms with Crippen molar-refractivity contribution in [1.82, 2.24) is 25.9 Å². The molecule has 1 aromatic heterocycles. The molecule has 0 aliphatic heterocycles. The van der Waals surface area contributed by atoms with Crippen molar-refractivity contribution in [2.24, 2.45) is 28.6 Å². The molecule has 4 aliphatic carbocycles. The van der Waals surface area contributed by atoms with Crippen LogP contribution in [0.3, 0.4) is 0 Å². The summed E-state index contributed by atoms with van der Waals surface area (Å²) in [6.07, 6.45) is 3.19. The smallest absolute Gasteiger partial charge is 0.309 e. The van der Waals surface area contributed by atoms with E-state index in [9.17, 15) is 46.7 Å². The third-order valence-electron chi connectivity index (χ3n) is 13.2. The molecular formula is C43H54F3N5O11S2. The lowest BCUT2D eigenvalue weighted by atomic mass is 9.44. The Morgan fingerprint density at radius 3 is 2.38 bits per heavy atom. The van der Waals surface area contributed by atoms with E-state index in [2.05, 4.69) is 37.8 Å². The highest BCUT2D eigenvalue weighted by molar-refractivity contribution is 8.13. The van der Waals surface area contributed by atoms with Gasteiger partial charge in [0, 0.05) is 54.2 Å². The summed E-state index contributed by atoms with van der Waals surface area (Å²) in [5.41, 5.74) is -7.25. The number of sulfone groups is 1. The Kier molecular flexibility index (Phi) is 15.6. The van der Waals surface area contributed by atoms with Crippen molar-refractivity contribution >= 4 is 56.2 Å². The highest BCUT2D eigenvalue weighted by Crippen LogP contribution is 2.72. The van der Waals surface area contributed by atoms with Crippen LogP contribution in [-0.2, 0) is 48.1 Å². The number of esters is 1. The molecule has 0 spiro atoms. The van der Waals surface area contributed by atoms with E-state index in [1.807, 2.05) is 0 Å². The maximum absolute atomic E-state index is 17.7. The van der Waals surface area contributed by atoms with Crippen LogP contribution in [0.4, 0.5) is 13.2 Å². The fourth-order valence-corrected chi connectivity index (χ4v) is 11.2. The van der Waals surface area contributed by atoms with Gasteiger partial charge in [0.1, 0.15) is 31.0 Å². The number of nitrogens with one attached hydrogen (secondary N) is 3. The Labute approximate surface area is 374 Å². The van der Waals surface area contributed by atoms with Gasteiger partial charge in [0.25, 0.3) is 0 Å². The minimum absolute atomic E-state index is 0.0504. The normalized spacial score (nSPS) is 31.4. The van der Waals surface area contributed by atoms with Crippen molar-refractivity contribution < 1.29 is 64.9 Å². The van der Waals surface area contributed by atoms with E-state index in [-0.39, 0.29) is 54.8 Å². The molecule has 11 atom stereocenters. The number of aliphatic hydroxyl groups excluding tert-OH is 1. The topological polar surface area (TPSA) is 237 Å². The number of hydrogen-bond acceptors (Lipinski definition) is 14. The number of ketones is 1. The first-order chi connectivity index (χ1) is 30.0. The summed E-state index contributed by atoms with van der Waals surface area (Å²) in [4.78, 5) is 84.8. The molecule has 1 aromatic rings. The van der Waals surface area contributed by atoms with Gasteiger partial charge in [0.05, 0.1) is 24.7 Å². The molecule has 0 bridgehead atoms. The molecule has 4 aliphatic rings. The van der Waals surface area contributed by atoms with Crippen molar-refractivity contribution in [3.63, 3.8) is 0 Å². The average molecular weight is 938 g/mol. The summed E-state index contributed by atoms with van der Waals surface area (Å²) in [5, 5.41) is 18.0.